The average molecular weight is 452 g/mol. The van der Waals surface area contributed by atoms with Gasteiger partial charge in [0, 0.05) is 25.4 Å². The molecule has 4 atom stereocenters. The molecule has 136 valence electrons. The molecular formula is C21H29IN2O. The zero-order valence-corrected chi connectivity index (χ0v) is 17.4. The van der Waals surface area contributed by atoms with E-state index in [4.69, 9.17) is 9.73 Å². The first-order valence-corrected chi connectivity index (χ1v) is 9.78. The van der Waals surface area contributed by atoms with Gasteiger partial charge in [-0.1, -0.05) is 18.2 Å². The molecular weight excluding hydrogens is 423 g/mol. The molecule has 1 saturated heterocycles. The van der Waals surface area contributed by atoms with Crippen LogP contribution in [0.25, 0.3) is 0 Å². The molecule has 0 aromatic heterocycles. The van der Waals surface area contributed by atoms with Crippen LogP contribution in [0, 0.1) is 11.8 Å². The molecule has 0 amide bonds. The number of likely N-dealkylation sites (tertiary alicyclic amines) is 1. The minimum Gasteiger partial charge on any atom is -0.496 e. The number of halogens is 1. The molecule has 0 radical (unpaired) electrons. The highest BCUT2D eigenvalue weighted by Gasteiger charge is 2.60. The van der Waals surface area contributed by atoms with Crippen molar-refractivity contribution in [2.24, 2.45) is 16.8 Å². The van der Waals surface area contributed by atoms with E-state index in [1.54, 1.807) is 0 Å². The second-order valence-electron chi connectivity index (χ2n) is 8.20. The van der Waals surface area contributed by atoms with Crippen molar-refractivity contribution in [1.29, 1.82) is 0 Å². The largest absolute Gasteiger partial charge is 0.496 e. The number of fused-ring (bicyclic) bond motifs is 3. The summed E-state index contributed by atoms with van der Waals surface area (Å²) in [6, 6.07) is 8.71. The summed E-state index contributed by atoms with van der Waals surface area (Å²) in [7, 11) is 1.81. The number of aliphatic imine (C=N–C) groups is 1. The van der Waals surface area contributed by atoms with Crippen molar-refractivity contribution in [2.45, 2.75) is 56.4 Å². The Balaban J connectivity index is 0.00000157. The molecule has 2 bridgehead atoms. The molecule has 3 nitrogen and oxygen atoms in total. The fourth-order valence-corrected chi connectivity index (χ4v) is 6.27. The fraction of sp³-hybridized carbons (Fsp3) is 0.667. The van der Waals surface area contributed by atoms with E-state index < -0.39 is 0 Å². The molecule has 4 heteroatoms. The monoisotopic (exact) mass is 452 g/mol. The maximum absolute atomic E-state index is 5.74. The number of nitrogens with zero attached hydrogens (tertiary/aromatic N) is 2. The van der Waals surface area contributed by atoms with Gasteiger partial charge in [-0.3, -0.25) is 4.99 Å². The molecule has 4 aliphatic rings. The number of hydrogen-bond donors (Lipinski definition) is 0. The Labute approximate surface area is 168 Å². The molecule has 3 fully saturated rings. The van der Waals surface area contributed by atoms with Crippen LogP contribution >= 0.6 is 24.0 Å². The summed E-state index contributed by atoms with van der Waals surface area (Å²) >= 11 is 0. The van der Waals surface area contributed by atoms with Gasteiger partial charge in [-0.25, -0.2) is 0 Å². The van der Waals surface area contributed by atoms with Crippen molar-refractivity contribution < 1.29 is 4.74 Å². The average Bonchev–Trinajstić information content (AvgIpc) is 3.39. The van der Waals surface area contributed by atoms with Crippen LogP contribution in [0.5, 0.6) is 5.75 Å². The first kappa shape index (κ1) is 17.6. The fourth-order valence-electron chi connectivity index (χ4n) is 6.27. The smallest absolute Gasteiger partial charge is 0.122 e. The number of hydrogen-bond acceptors (Lipinski definition) is 3. The third-order valence-corrected chi connectivity index (χ3v) is 7.22. The van der Waals surface area contributed by atoms with Crippen LogP contribution in [0.15, 0.2) is 29.3 Å². The normalized spacial score (nSPS) is 36.0. The van der Waals surface area contributed by atoms with Crippen LogP contribution in [0.4, 0.5) is 0 Å². The van der Waals surface area contributed by atoms with Crippen molar-refractivity contribution in [3.63, 3.8) is 0 Å². The molecule has 2 saturated carbocycles. The van der Waals surface area contributed by atoms with E-state index in [0.717, 1.165) is 17.6 Å². The third-order valence-electron chi connectivity index (χ3n) is 7.22. The maximum atomic E-state index is 5.74. The van der Waals surface area contributed by atoms with E-state index in [1.165, 1.54) is 69.4 Å². The number of rotatable bonds is 2. The van der Waals surface area contributed by atoms with Crippen molar-refractivity contribution in [1.82, 2.24) is 4.90 Å². The SMILES string of the molecule is COc1ccccc1C1C2CCC(C2)C12CCC(N1CCCC1)=N2.I. The van der Waals surface area contributed by atoms with Crippen molar-refractivity contribution in [3.05, 3.63) is 29.8 Å². The third kappa shape index (κ3) is 2.62. The first-order valence-electron chi connectivity index (χ1n) is 9.78. The van der Waals surface area contributed by atoms with E-state index in [-0.39, 0.29) is 29.5 Å². The second-order valence-corrected chi connectivity index (χ2v) is 8.20. The molecule has 25 heavy (non-hydrogen) atoms. The summed E-state index contributed by atoms with van der Waals surface area (Å²) in [5.74, 6) is 4.64. The van der Waals surface area contributed by atoms with Crippen molar-refractivity contribution >= 4 is 29.8 Å². The second kappa shape index (κ2) is 6.75. The summed E-state index contributed by atoms with van der Waals surface area (Å²) in [4.78, 5) is 8.07. The molecule has 5 rings (SSSR count). The van der Waals surface area contributed by atoms with E-state index in [9.17, 15) is 0 Å². The summed E-state index contributed by atoms with van der Waals surface area (Å²) < 4.78 is 5.74. The Morgan fingerprint density at radius 2 is 1.96 bits per heavy atom. The van der Waals surface area contributed by atoms with Gasteiger partial charge in [0.15, 0.2) is 0 Å². The van der Waals surface area contributed by atoms with Gasteiger partial charge in [0.2, 0.25) is 0 Å². The first-order chi connectivity index (χ1) is 11.8. The summed E-state index contributed by atoms with van der Waals surface area (Å²) in [5.41, 5.74) is 1.58. The van der Waals surface area contributed by atoms with E-state index >= 15 is 0 Å². The number of amidine groups is 1. The molecule has 1 aromatic carbocycles. The van der Waals surface area contributed by atoms with Gasteiger partial charge in [0.05, 0.1) is 18.5 Å². The Hall–Kier alpha value is -0.780. The Bertz CT molecular complexity index is 670. The molecule has 0 N–H and O–H groups in total. The highest BCUT2D eigenvalue weighted by molar-refractivity contribution is 14.0. The molecule has 2 aliphatic heterocycles. The van der Waals surface area contributed by atoms with Gasteiger partial charge in [0.1, 0.15) is 5.75 Å². The number of benzene rings is 1. The molecule has 2 aliphatic carbocycles. The van der Waals surface area contributed by atoms with E-state index in [0.29, 0.717) is 5.92 Å². The topological polar surface area (TPSA) is 24.8 Å². The van der Waals surface area contributed by atoms with Gasteiger partial charge >= 0.3 is 0 Å². The summed E-state index contributed by atoms with van der Waals surface area (Å²) in [5, 5.41) is 0. The Morgan fingerprint density at radius 1 is 1.16 bits per heavy atom. The van der Waals surface area contributed by atoms with E-state index in [2.05, 4.69) is 29.2 Å². The molecule has 4 unspecified atom stereocenters. The van der Waals surface area contributed by atoms with Crippen LogP contribution in [0.2, 0.25) is 0 Å². The van der Waals surface area contributed by atoms with E-state index in [1.807, 2.05) is 7.11 Å². The van der Waals surface area contributed by atoms with Crippen molar-refractivity contribution in [3.8, 4) is 5.75 Å². The Morgan fingerprint density at radius 3 is 2.76 bits per heavy atom. The lowest BCUT2D eigenvalue weighted by molar-refractivity contribution is 0.230. The number of methoxy groups -OCH3 is 1. The maximum Gasteiger partial charge on any atom is 0.122 e. The molecule has 1 aromatic rings. The summed E-state index contributed by atoms with van der Waals surface area (Å²) in [6.45, 7) is 2.45. The minimum absolute atomic E-state index is 0. The highest BCUT2D eigenvalue weighted by atomic mass is 127. The van der Waals surface area contributed by atoms with Crippen LogP contribution in [-0.2, 0) is 0 Å². The zero-order valence-electron chi connectivity index (χ0n) is 15.1. The van der Waals surface area contributed by atoms with Gasteiger partial charge in [-0.2, -0.15) is 0 Å². The van der Waals surface area contributed by atoms with Crippen molar-refractivity contribution in [2.75, 3.05) is 20.2 Å². The lowest BCUT2D eigenvalue weighted by atomic mass is 9.68. The number of para-hydroxylation sites is 1. The predicted octanol–water partition coefficient (Wildman–Crippen LogP) is 4.85. The quantitative estimate of drug-likeness (QED) is 0.600. The minimum atomic E-state index is 0. The molecule has 2 heterocycles. The predicted molar refractivity (Wildman–Crippen MR) is 112 cm³/mol. The lowest BCUT2D eigenvalue weighted by Gasteiger charge is -2.39. The Kier molecular flexibility index (Phi) is 4.76. The zero-order chi connectivity index (χ0) is 16.1. The van der Waals surface area contributed by atoms with Gasteiger partial charge in [-0.15, -0.1) is 24.0 Å². The van der Waals surface area contributed by atoms with Crippen LogP contribution < -0.4 is 4.74 Å². The van der Waals surface area contributed by atoms with Crippen LogP contribution in [0.3, 0.4) is 0 Å². The number of ether oxygens (including phenoxy) is 1. The van der Waals surface area contributed by atoms with Crippen LogP contribution in [0.1, 0.15) is 56.4 Å². The lowest BCUT2D eigenvalue weighted by Crippen LogP contribution is -2.38. The highest BCUT2D eigenvalue weighted by Crippen LogP contribution is 2.64. The van der Waals surface area contributed by atoms with Gasteiger partial charge in [-0.05, 0) is 62.0 Å². The van der Waals surface area contributed by atoms with Gasteiger partial charge in [0.25, 0.3) is 0 Å². The standard InChI is InChI=1S/C21H28N2O.HI/c1-24-18-7-3-2-6-17(18)20-15-8-9-16(14-15)21(20)11-10-19(22-21)23-12-4-5-13-23;/h2-3,6-7,15-16,20H,4-5,8-14H2,1H3;1H. The van der Waals surface area contributed by atoms with Gasteiger partial charge < -0.3 is 9.64 Å². The molecule has 1 spiro atoms. The van der Waals surface area contributed by atoms with Crippen LogP contribution in [-0.4, -0.2) is 36.5 Å². The summed E-state index contributed by atoms with van der Waals surface area (Å²) in [6.07, 6.45) is 9.26.